The van der Waals surface area contributed by atoms with E-state index in [2.05, 4.69) is 0 Å². The summed E-state index contributed by atoms with van der Waals surface area (Å²) in [5, 5.41) is 11.6. The molecule has 35 heavy (non-hydrogen) atoms. The van der Waals surface area contributed by atoms with Crippen LogP contribution in [0.2, 0.25) is 5.02 Å². The molecule has 0 radical (unpaired) electrons. The van der Waals surface area contributed by atoms with Crippen LogP contribution in [0.3, 0.4) is 0 Å². The minimum absolute atomic E-state index is 0.0331. The van der Waals surface area contributed by atoms with Crippen molar-refractivity contribution < 1.29 is 24.2 Å². The maximum atomic E-state index is 13.0. The van der Waals surface area contributed by atoms with E-state index in [0.29, 0.717) is 47.2 Å². The average molecular weight is 492 g/mol. The Kier molecular flexibility index (Phi) is 7.42. The Morgan fingerprint density at radius 2 is 1.71 bits per heavy atom. The number of methoxy groups -OCH3 is 1. The van der Waals surface area contributed by atoms with Gasteiger partial charge in [0.1, 0.15) is 12.4 Å². The standard InChI is InChI=1S/C28H26ClNO5/c1-3-15-30-25(24(27(32)28(30)33)26(31)19-9-12-21(29)13-10-19)20-11-14-22(23(16-20)34-2)35-17-18-7-5-4-6-8-18/h4-14,16,25,31H,3,15,17H2,1-2H3/b26-24-. The average Bonchev–Trinajstić information content (AvgIpc) is 3.13. The Morgan fingerprint density at radius 1 is 1.00 bits per heavy atom. The summed E-state index contributed by atoms with van der Waals surface area (Å²) in [5.41, 5.74) is 2.09. The number of ether oxygens (including phenoxy) is 2. The predicted octanol–water partition coefficient (Wildman–Crippen LogP) is 5.76. The van der Waals surface area contributed by atoms with Gasteiger partial charge < -0.3 is 19.5 Å². The number of likely N-dealkylation sites (tertiary alicyclic amines) is 1. The van der Waals surface area contributed by atoms with Gasteiger partial charge >= 0.3 is 0 Å². The van der Waals surface area contributed by atoms with Crippen molar-refractivity contribution in [3.8, 4) is 11.5 Å². The van der Waals surface area contributed by atoms with E-state index in [1.54, 1.807) is 42.5 Å². The van der Waals surface area contributed by atoms with Crippen molar-refractivity contribution >= 4 is 29.1 Å². The zero-order valence-corrected chi connectivity index (χ0v) is 20.3. The minimum Gasteiger partial charge on any atom is -0.507 e. The van der Waals surface area contributed by atoms with E-state index in [1.807, 2.05) is 37.3 Å². The monoisotopic (exact) mass is 491 g/mol. The first-order valence-corrected chi connectivity index (χ1v) is 11.7. The molecule has 1 heterocycles. The van der Waals surface area contributed by atoms with E-state index in [1.165, 1.54) is 12.0 Å². The van der Waals surface area contributed by atoms with Gasteiger partial charge in [0.05, 0.1) is 18.7 Å². The Morgan fingerprint density at radius 3 is 2.37 bits per heavy atom. The number of hydrogen-bond donors (Lipinski definition) is 1. The van der Waals surface area contributed by atoms with Crippen LogP contribution in [-0.4, -0.2) is 35.4 Å². The van der Waals surface area contributed by atoms with Gasteiger partial charge in [0.2, 0.25) is 0 Å². The van der Waals surface area contributed by atoms with E-state index >= 15 is 0 Å². The molecule has 0 aromatic heterocycles. The van der Waals surface area contributed by atoms with E-state index in [9.17, 15) is 14.7 Å². The lowest BCUT2D eigenvalue weighted by molar-refractivity contribution is -0.139. The Labute approximate surface area is 209 Å². The summed E-state index contributed by atoms with van der Waals surface area (Å²) < 4.78 is 11.5. The molecular weight excluding hydrogens is 466 g/mol. The number of benzene rings is 3. The van der Waals surface area contributed by atoms with Gasteiger partial charge in [0.25, 0.3) is 11.7 Å². The number of nitrogens with zero attached hydrogens (tertiary/aromatic N) is 1. The quantitative estimate of drug-likeness (QED) is 0.246. The number of aliphatic hydroxyl groups excluding tert-OH is 1. The maximum Gasteiger partial charge on any atom is 0.295 e. The first-order valence-electron chi connectivity index (χ1n) is 11.3. The Balaban J connectivity index is 1.74. The maximum absolute atomic E-state index is 13.0. The van der Waals surface area contributed by atoms with Crippen molar-refractivity contribution in [2.24, 2.45) is 0 Å². The summed E-state index contributed by atoms with van der Waals surface area (Å²) >= 11 is 5.98. The highest BCUT2D eigenvalue weighted by atomic mass is 35.5. The van der Waals surface area contributed by atoms with Gasteiger partial charge in [0.15, 0.2) is 11.5 Å². The molecule has 1 amide bonds. The van der Waals surface area contributed by atoms with Crippen molar-refractivity contribution in [3.05, 3.63) is 100 Å². The second-order valence-corrected chi connectivity index (χ2v) is 8.62. The van der Waals surface area contributed by atoms with Gasteiger partial charge in [-0.1, -0.05) is 54.9 Å². The topological polar surface area (TPSA) is 76.1 Å². The number of aliphatic hydroxyl groups is 1. The molecule has 1 atom stereocenters. The van der Waals surface area contributed by atoms with Crippen molar-refractivity contribution in [2.75, 3.05) is 13.7 Å². The summed E-state index contributed by atoms with van der Waals surface area (Å²) in [7, 11) is 1.53. The third-order valence-corrected chi connectivity index (χ3v) is 6.11. The second kappa shape index (κ2) is 10.7. The van der Waals surface area contributed by atoms with E-state index in [-0.39, 0.29) is 11.3 Å². The minimum atomic E-state index is -0.761. The molecule has 7 heteroatoms. The van der Waals surface area contributed by atoms with Crippen LogP contribution in [0.1, 0.15) is 36.1 Å². The van der Waals surface area contributed by atoms with Crippen LogP contribution in [0.25, 0.3) is 5.76 Å². The van der Waals surface area contributed by atoms with Crippen LogP contribution in [0.4, 0.5) is 0 Å². The normalized spacial score (nSPS) is 17.0. The number of carbonyl (C=O) groups is 2. The van der Waals surface area contributed by atoms with Crippen LogP contribution in [0.5, 0.6) is 11.5 Å². The fourth-order valence-corrected chi connectivity index (χ4v) is 4.30. The molecule has 1 N–H and O–H groups in total. The zero-order chi connectivity index (χ0) is 24.9. The number of carbonyl (C=O) groups excluding carboxylic acids is 2. The van der Waals surface area contributed by atoms with Crippen LogP contribution in [0.15, 0.2) is 78.4 Å². The van der Waals surface area contributed by atoms with E-state index < -0.39 is 17.7 Å². The number of Topliss-reactive ketones (excluding diaryl/α,β-unsaturated/α-hetero) is 1. The van der Waals surface area contributed by atoms with Crippen molar-refractivity contribution in [3.63, 3.8) is 0 Å². The summed E-state index contributed by atoms with van der Waals surface area (Å²) in [6, 6.07) is 20.8. The highest BCUT2D eigenvalue weighted by Crippen LogP contribution is 2.42. The van der Waals surface area contributed by atoms with Crippen LogP contribution in [0, 0.1) is 0 Å². The third-order valence-electron chi connectivity index (χ3n) is 5.86. The molecule has 0 spiro atoms. The summed E-state index contributed by atoms with van der Waals surface area (Å²) in [6.45, 7) is 2.65. The smallest absolute Gasteiger partial charge is 0.295 e. The second-order valence-electron chi connectivity index (χ2n) is 8.18. The Bertz CT molecular complexity index is 1250. The number of rotatable bonds is 8. The van der Waals surface area contributed by atoms with Crippen LogP contribution in [-0.2, 0) is 16.2 Å². The molecule has 0 bridgehead atoms. The van der Waals surface area contributed by atoms with E-state index in [4.69, 9.17) is 21.1 Å². The fourth-order valence-electron chi connectivity index (χ4n) is 4.17. The summed E-state index contributed by atoms with van der Waals surface area (Å²) in [4.78, 5) is 27.4. The highest BCUT2D eigenvalue weighted by Gasteiger charge is 2.45. The molecule has 6 nitrogen and oxygen atoms in total. The SMILES string of the molecule is CCCN1C(=O)C(=O)/C(=C(\O)c2ccc(Cl)cc2)C1c1ccc(OCc2ccccc2)c(OC)c1. The predicted molar refractivity (Wildman–Crippen MR) is 135 cm³/mol. The van der Waals surface area contributed by atoms with Gasteiger partial charge in [-0.2, -0.15) is 0 Å². The highest BCUT2D eigenvalue weighted by molar-refractivity contribution is 6.46. The molecule has 1 aliphatic heterocycles. The van der Waals surface area contributed by atoms with Crippen LogP contribution < -0.4 is 9.47 Å². The first kappa shape index (κ1) is 24.4. The lowest BCUT2D eigenvalue weighted by Gasteiger charge is -2.25. The molecular formula is C28H26ClNO5. The molecule has 1 aliphatic rings. The summed E-state index contributed by atoms with van der Waals surface area (Å²) in [6.07, 6.45) is 0.653. The van der Waals surface area contributed by atoms with Crippen molar-refractivity contribution in [1.29, 1.82) is 0 Å². The van der Waals surface area contributed by atoms with E-state index in [0.717, 1.165) is 5.56 Å². The largest absolute Gasteiger partial charge is 0.507 e. The first-order chi connectivity index (χ1) is 16.9. The molecule has 1 saturated heterocycles. The lowest BCUT2D eigenvalue weighted by atomic mass is 9.95. The number of halogens is 1. The van der Waals surface area contributed by atoms with Crippen molar-refractivity contribution in [2.45, 2.75) is 26.0 Å². The molecule has 1 unspecified atom stereocenters. The number of amides is 1. The van der Waals surface area contributed by atoms with Gasteiger partial charge in [-0.05, 0) is 53.9 Å². The van der Waals surface area contributed by atoms with Gasteiger partial charge in [-0.15, -0.1) is 0 Å². The molecule has 1 fully saturated rings. The molecule has 0 saturated carbocycles. The number of ketones is 1. The summed E-state index contributed by atoms with van der Waals surface area (Å²) in [5.74, 6) is -0.612. The van der Waals surface area contributed by atoms with Gasteiger partial charge in [-0.25, -0.2) is 0 Å². The molecule has 3 aromatic rings. The van der Waals surface area contributed by atoms with Gasteiger partial charge in [-0.3, -0.25) is 9.59 Å². The fraction of sp³-hybridized carbons (Fsp3) is 0.214. The molecule has 0 aliphatic carbocycles. The lowest BCUT2D eigenvalue weighted by Crippen LogP contribution is -2.30. The molecule has 3 aromatic carbocycles. The van der Waals surface area contributed by atoms with Crippen LogP contribution >= 0.6 is 11.6 Å². The van der Waals surface area contributed by atoms with Crippen molar-refractivity contribution in [1.82, 2.24) is 4.90 Å². The zero-order valence-electron chi connectivity index (χ0n) is 19.5. The van der Waals surface area contributed by atoms with Gasteiger partial charge in [0, 0.05) is 17.1 Å². The number of hydrogen-bond acceptors (Lipinski definition) is 5. The molecule has 4 rings (SSSR count). The Hall–Kier alpha value is -3.77. The molecule has 180 valence electrons. The third kappa shape index (κ3) is 5.03.